The van der Waals surface area contributed by atoms with E-state index in [0.29, 0.717) is 33.0 Å². The van der Waals surface area contributed by atoms with Gasteiger partial charge >= 0.3 is 0 Å². The molecule has 0 fully saturated rings. The molecule has 5 rings (SSSR count). The van der Waals surface area contributed by atoms with Gasteiger partial charge in [0, 0.05) is 16.8 Å². The number of anilines is 1. The van der Waals surface area contributed by atoms with Crippen molar-refractivity contribution < 1.29 is 9.21 Å². The summed E-state index contributed by atoms with van der Waals surface area (Å²) in [4.78, 5) is 17.4. The van der Waals surface area contributed by atoms with Crippen LogP contribution in [0.5, 0.6) is 0 Å². The van der Waals surface area contributed by atoms with E-state index in [2.05, 4.69) is 15.4 Å². The largest absolute Gasteiger partial charge is 0.454 e. The van der Waals surface area contributed by atoms with Crippen molar-refractivity contribution in [3.05, 3.63) is 82.3 Å². The Kier molecular flexibility index (Phi) is 4.61. The third-order valence-corrected chi connectivity index (χ3v) is 5.69. The molecule has 3 aromatic heterocycles. The zero-order valence-electron chi connectivity index (χ0n) is 15.8. The third-order valence-electron chi connectivity index (χ3n) is 4.54. The molecular weight excluding hydrogens is 420 g/mol. The first-order valence-electron chi connectivity index (χ1n) is 9.16. The summed E-state index contributed by atoms with van der Waals surface area (Å²) >= 11 is 7.56. The zero-order valence-corrected chi connectivity index (χ0v) is 17.4. The topological polar surface area (TPSA) is 73.0 Å². The molecule has 0 bridgehead atoms. The summed E-state index contributed by atoms with van der Waals surface area (Å²) in [6, 6.07) is 18.5. The molecule has 0 saturated carbocycles. The number of hydrogen-bond acceptors (Lipinski definition) is 5. The summed E-state index contributed by atoms with van der Waals surface area (Å²) in [6.45, 7) is 1.86. The van der Waals surface area contributed by atoms with Crippen molar-refractivity contribution in [1.29, 1.82) is 0 Å². The van der Waals surface area contributed by atoms with E-state index < -0.39 is 0 Å². The highest BCUT2D eigenvalue weighted by Crippen LogP contribution is 2.30. The first-order chi connectivity index (χ1) is 14.6. The molecule has 2 aromatic carbocycles. The number of fused-ring (bicyclic) bond motifs is 1. The Bertz CT molecular complexity index is 1350. The molecule has 8 heteroatoms. The molecule has 0 aliphatic carbocycles. The lowest BCUT2D eigenvalue weighted by molar-refractivity contribution is 0.102. The molecule has 1 N–H and O–H groups in total. The molecule has 0 saturated heterocycles. The molecule has 148 valence electrons. The Morgan fingerprint density at radius 2 is 1.93 bits per heavy atom. The molecule has 0 aliphatic heterocycles. The van der Waals surface area contributed by atoms with Gasteiger partial charge in [0.25, 0.3) is 5.91 Å². The van der Waals surface area contributed by atoms with Gasteiger partial charge in [-0.1, -0.05) is 41.9 Å². The van der Waals surface area contributed by atoms with Crippen LogP contribution in [-0.4, -0.2) is 20.7 Å². The van der Waals surface area contributed by atoms with Gasteiger partial charge < -0.3 is 9.73 Å². The molecule has 6 nitrogen and oxygen atoms in total. The van der Waals surface area contributed by atoms with Crippen molar-refractivity contribution >= 4 is 45.6 Å². The zero-order chi connectivity index (χ0) is 20.7. The molecular formula is C22H15ClN4O2S. The molecule has 0 aliphatic rings. The van der Waals surface area contributed by atoms with Crippen molar-refractivity contribution in [2.24, 2.45) is 0 Å². The Labute approximate surface area is 180 Å². The van der Waals surface area contributed by atoms with Crippen LogP contribution in [0.25, 0.3) is 27.6 Å². The van der Waals surface area contributed by atoms with Crippen molar-refractivity contribution in [3.8, 4) is 16.6 Å². The number of carbonyl (C=O) groups is 1. The van der Waals surface area contributed by atoms with Crippen LogP contribution in [-0.2, 0) is 0 Å². The van der Waals surface area contributed by atoms with E-state index in [0.717, 1.165) is 16.7 Å². The maximum absolute atomic E-state index is 12.7. The average molecular weight is 435 g/mol. The standard InChI is InChI=1S/C22H15ClN4O2S/c1-13-10-20(25-21(28)15-7-3-4-8-16(15)23)27(26-13)22-24-17(12-30-22)19-11-14-6-2-5-9-18(14)29-19/h2-12H,1H3,(H,25,28). The van der Waals surface area contributed by atoms with Crippen LogP contribution >= 0.6 is 22.9 Å². The van der Waals surface area contributed by atoms with E-state index in [1.54, 1.807) is 35.0 Å². The van der Waals surface area contributed by atoms with Gasteiger partial charge in [-0.2, -0.15) is 9.78 Å². The average Bonchev–Trinajstić information content (AvgIpc) is 3.45. The number of aromatic nitrogens is 3. The van der Waals surface area contributed by atoms with Crippen molar-refractivity contribution in [1.82, 2.24) is 14.8 Å². The highest BCUT2D eigenvalue weighted by molar-refractivity contribution is 7.12. The van der Waals surface area contributed by atoms with Gasteiger partial charge in [0.2, 0.25) is 5.13 Å². The number of nitrogens with one attached hydrogen (secondary N) is 1. The molecule has 30 heavy (non-hydrogen) atoms. The number of furan rings is 1. The lowest BCUT2D eigenvalue weighted by atomic mass is 10.2. The number of amides is 1. The first kappa shape index (κ1) is 18.6. The predicted molar refractivity (Wildman–Crippen MR) is 119 cm³/mol. The molecule has 5 aromatic rings. The Hall–Kier alpha value is -3.42. The SMILES string of the molecule is Cc1cc(NC(=O)c2ccccc2Cl)n(-c2nc(-c3cc4ccccc4o3)cs2)n1. The molecule has 3 heterocycles. The Balaban J connectivity index is 1.47. The third kappa shape index (κ3) is 3.38. The van der Waals surface area contributed by atoms with Gasteiger partial charge in [0.1, 0.15) is 17.1 Å². The second-order valence-corrected chi connectivity index (χ2v) is 7.92. The van der Waals surface area contributed by atoms with Gasteiger partial charge in [-0.3, -0.25) is 4.79 Å². The van der Waals surface area contributed by atoms with Crippen molar-refractivity contribution in [3.63, 3.8) is 0 Å². The van der Waals surface area contributed by atoms with Crippen molar-refractivity contribution in [2.45, 2.75) is 6.92 Å². The number of thiazole rings is 1. The number of carbonyl (C=O) groups excluding carboxylic acids is 1. The molecule has 0 radical (unpaired) electrons. The normalized spacial score (nSPS) is 11.1. The van der Waals surface area contributed by atoms with Gasteiger partial charge in [-0.25, -0.2) is 4.98 Å². The highest BCUT2D eigenvalue weighted by Gasteiger charge is 2.17. The summed E-state index contributed by atoms with van der Waals surface area (Å²) in [5.74, 6) is 0.892. The summed E-state index contributed by atoms with van der Waals surface area (Å²) in [5, 5.41) is 11.3. The number of aryl methyl sites for hydroxylation is 1. The summed E-state index contributed by atoms with van der Waals surface area (Å²) in [5.41, 5.74) is 2.67. The maximum atomic E-state index is 12.7. The smallest absolute Gasteiger partial charge is 0.258 e. The van der Waals surface area contributed by atoms with E-state index in [1.807, 2.05) is 42.6 Å². The second kappa shape index (κ2) is 7.44. The Morgan fingerprint density at radius 3 is 2.77 bits per heavy atom. The number of rotatable bonds is 4. The second-order valence-electron chi connectivity index (χ2n) is 6.68. The lowest BCUT2D eigenvalue weighted by Gasteiger charge is -2.07. The van der Waals surface area contributed by atoms with Crippen LogP contribution in [0.1, 0.15) is 16.1 Å². The lowest BCUT2D eigenvalue weighted by Crippen LogP contribution is -2.15. The number of para-hydroxylation sites is 1. The van der Waals surface area contributed by atoms with Crippen LogP contribution in [0, 0.1) is 6.92 Å². The van der Waals surface area contributed by atoms with Gasteiger partial charge in [0.05, 0.1) is 16.3 Å². The van der Waals surface area contributed by atoms with Crippen LogP contribution in [0.2, 0.25) is 5.02 Å². The van der Waals surface area contributed by atoms with E-state index in [-0.39, 0.29) is 5.91 Å². The quantitative estimate of drug-likeness (QED) is 0.379. The number of hydrogen-bond donors (Lipinski definition) is 1. The van der Waals surface area contributed by atoms with Gasteiger partial charge in [-0.15, -0.1) is 11.3 Å². The van der Waals surface area contributed by atoms with E-state index in [1.165, 1.54) is 11.3 Å². The van der Waals surface area contributed by atoms with Crippen LogP contribution < -0.4 is 5.32 Å². The maximum Gasteiger partial charge on any atom is 0.258 e. The van der Waals surface area contributed by atoms with E-state index >= 15 is 0 Å². The minimum atomic E-state index is -0.309. The highest BCUT2D eigenvalue weighted by atomic mass is 35.5. The van der Waals surface area contributed by atoms with E-state index in [4.69, 9.17) is 16.0 Å². The minimum Gasteiger partial charge on any atom is -0.454 e. The van der Waals surface area contributed by atoms with Crippen LogP contribution in [0.4, 0.5) is 5.82 Å². The fraction of sp³-hybridized carbons (Fsp3) is 0.0455. The minimum absolute atomic E-state index is 0.309. The van der Waals surface area contributed by atoms with Gasteiger partial charge in [0.15, 0.2) is 5.76 Å². The molecule has 0 unspecified atom stereocenters. The first-order valence-corrected chi connectivity index (χ1v) is 10.4. The fourth-order valence-electron chi connectivity index (χ4n) is 3.15. The van der Waals surface area contributed by atoms with Crippen LogP contribution in [0.15, 0.2) is 70.5 Å². The van der Waals surface area contributed by atoms with Crippen molar-refractivity contribution in [2.75, 3.05) is 5.32 Å². The molecule has 1 amide bonds. The Morgan fingerprint density at radius 1 is 1.13 bits per heavy atom. The summed E-state index contributed by atoms with van der Waals surface area (Å²) < 4.78 is 7.52. The predicted octanol–water partition coefficient (Wildman–Crippen LogP) is 5.96. The number of halogens is 1. The van der Waals surface area contributed by atoms with Gasteiger partial charge in [-0.05, 0) is 31.2 Å². The molecule has 0 atom stereocenters. The molecule has 0 spiro atoms. The fourth-order valence-corrected chi connectivity index (χ4v) is 4.14. The number of benzene rings is 2. The monoisotopic (exact) mass is 434 g/mol. The van der Waals surface area contributed by atoms with E-state index in [9.17, 15) is 4.79 Å². The summed E-state index contributed by atoms with van der Waals surface area (Å²) in [7, 11) is 0. The van der Waals surface area contributed by atoms with Crippen LogP contribution in [0.3, 0.4) is 0 Å². The summed E-state index contributed by atoms with van der Waals surface area (Å²) in [6.07, 6.45) is 0. The number of nitrogens with zero attached hydrogens (tertiary/aromatic N) is 3.